The van der Waals surface area contributed by atoms with Gasteiger partial charge in [-0.25, -0.2) is 4.79 Å². The average Bonchev–Trinajstić information content (AvgIpc) is 3.24. The van der Waals surface area contributed by atoms with Crippen molar-refractivity contribution < 1.29 is 9.90 Å². The quantitative estimate of drug-likeness (QED) is 0.803. The minimum Gasteiger partial charge on any atom is -0.391 e. The number of aliphatic hydroxyl groups is 1. The van der Waals surface area contributed by atoms with Crippen LogP contribution in [0.25, 0.3) is 10.6 Å². The van der Waals surface area contributed by atoms with Gasteiger partial charge in [-0.1, -0.05) is 34.5 Å². The van der Waals surface area contributed by atoms with Gasteiger partial charge in [0.05, 0.1) is 12.1 Å². The molecule has 2 aromatic rings. The Bertz CT molecular complexity index is 795. The second-order valence-electron chi connectivity index (χ2n) is 6.38. The van der Waals surface area contributed by atoms with Crippen molar-refractivity contribution in [3.05, 3.63) is 28.2 Å². The highest BCUT2D eigenvalue weighted by Crippen LogP contribution is 2.38. The van der Waals surface area contributed by atoms with Crippen molar-refractivity contribution in [1.82, 2.24) is 15.1 Å². The van der Waals surface area contributed by atoms with Crippen LogP contribution in [0.3, 0.4) is 0 Å². The van der Waals surface area contributed by atoms with Gasteiger partial charge in [-0.05, 0) is 43.4 Å². The summed E-state index contributed by atoms with van der Waals surface area (Å²) in [4.78, 5) is 14.3. The molecule has 1 saturated heterocycles. The van der Waals surface area contributed by atoms with Gasteiger partial charge in [-0.15, -0.1) is 10.2 Å². The summed E-state index contributed by atoms with van der Waals surface area (Å²) in [5, 5.41) is 23.1. The topological polar surface area (TPSA) is 78.4 Å². The summed E-state index contributed by atoms with van der Waals surface area (Å²) in [6.45, 7) is 0.661. The maximum absolute atomic E-state index is 12.6. The number of amides is 2. The van der Waals surface area contributed by atoms with E-state index in [9.17, 15) is 9.90 Å². The van der Waals surface area contributed by atoms with Crippen LogP contribution in [0.5, 0.6) is 0 Å². The molecular formula is C16H16Cl2N4O2S. The molecule has 25 heavy (non-hydrogen) atoms. The standard InChI is InChI=1S/C16H16Cl2N4O2S/c17-10-5-9(6-11(18)7-10)14-20-21-15(25-14)19-16(24)22-4-3-8-1-2-12(23)13(8)22/h5-8,12-13,23H,1-4H2,(H,19,21,24)/t8-,12+,13+/m0/s1. The van der Waals surface area contributed by atoms with Gasteiger partial charge in [0.15, 0.2) is 0 Å². The highest BCUT2D eigenvalue weighted by atomic mass is 35.5. The van der Waals surface area contributed by atoms with Gasteiger partial charge < -0.3 is 10.0 Å². The molecule has 2 amide bonds. The number of carbonyl (C=O) groups is 1. The maximum Gasteiger partial charge on any atom is 0.324 e. The molecule has 1 saturated carbocycles. The first-order valence-corrected chi connectivity index (χ1v) is 9.64. The largest absolute Gasteiger partial charge is 0.391 e. The molecule has 0 bridgehead atoms. The number of nitrogens with one attached hydrogen (secondary N) is 1. The van der Waals surface area contributed by atoms with Crippen molar-refractivity contribution in [2.24, 2.45) is 5.92 Å². The molecule has 6 nitrogen and oxygen atoms in total. The zero-order chi connectivity index (χ0) is 17.6. The summed E-state index contributed by atoms with van der Waals surface area (Å²) in [6, 6.07) is 4.82. The molecule has 9 heteroatoms. The number of aliphatic hydroxyl groups excluding tert-OH is 1. The van der Waals surface area contributed by atoms with Gasteiger partial charge in [0.2, 0.25) is 5.13 Å². The normalized spacial score (nSPS) is 25.2. The van der Waals surface area contributed by atoms with E-state index in [0.29, 0.717) is 32.6 Å². The fourth-order valence-electron chi connectivity index (χ4n) is 3.74. The van der Waals surface area contributed by atoms with Crippen LogP contribution in [0.2, 0.25) is 10.0 Å². The van der Waals surface area contributed by atoms with E-state index >= 15 is 0 Å². The zero-order valence-electron chi connectivity index (χ0n) is 13.2. The van der Waals surface area contributed by atoms with Crippen LogP contribution in [0.1, 0.15) is 19.3 Å². The number of carbonyl (C=O) groups excluding carboxylic acids is 1. The zero-order valence-corrected chi connectivity index (χ0v) is 15.5. The molecule has 3 atom stereocenters. The first-order valence-electron chi connectivity index (χ1n) is 8.07. The lowest BCUT2D eigenvalue weighted by Crippen LogP contribution is -2.44. The lowest BCUT2D eigenvalue weighted by Gasteiger charge is -2.26. The number of fused-ring (bicyclic) bond motifs is 1. The highest BCUT2D eigenvalue weighted by Gasteiger charge is 2.45. The van der Waals surface area contributed by atoms with E-state index in [0.717, 1.165) is 24.8 Å². The van der Waals surface area contributed by atoms with Crippen molar-refractivity contribution >= 4 is 45.7 Å². The van der Waals surface area contributed by atoms with E-state index < -0.39 is 6.10 Å². The monoisotopic (exact) mass is 398 g/mol. The highest BCUT2D eigenvalue weighted by molar-refractivity contribution is 7.18. The first-order chi connectivity index (χ1) is 12.0. The number of anilines is 1. The Morgan fingerprint density at radius 1 is 1.20 bits per heavy atom. The molecule has 0 spiro atoms. The predicted octanol–water partition coefficient (Wildman–Crippen LogP) is 3.89. The lowest BCUT2D eigenvalue weighted by atomic mass is 10.0. The van der Waals surface area contributed by atoms with E-state index in [-0.39, 0.29) is 12.1 Å². The summed E-state index contributed by atoms with van der Waals surface area (Å²) in [5.74, 6) is 0.402. The minimum atomic E-state index is -0.433. The predicted molar refractivity (Wildman–Crippen MR) is 98.2 cm³/mol. The van der Waals surface area contributed by atoms with Crippen LogP contribution in [-0.4, -0.2) is 44.9 Å². The van der Waals surface area contributed by atoms with E-state index in [1.165, 1.54) is 11.3 Å². The smallest absolute Gasteiger partial charge is 0.324 e. The Morgan fingerprint density at radius 3 is 2.72 bits per heavy atom. The second kappa shape index (κ2) is 6.72. The second-order valence-corrected chi connectivity index (χ2v) is 8.23. The number of nitrogens with zero attached hydrogens (tertiary/aromatic N) is 3. The molecule has 1 aromatic carbocycles. The van der Waals surface area contributed by atoms with Gasteiger partial charge in [0.1, 0.15) is 5.01 Å². The minimum absolute atomic E-state index is 0.0841. The van der Waals surface area contributed by atoms with Gasteiger partial charge in [0.25, 0.3) is 0 Å². The van der Waals surface area contributed by atoms with Crippen LogP contribution in [0.4, 0.5) is 9.93 Å². The van der Waals surface area contributed by atoms with E-state index in [4.69, 9.17) is 23.2 Å². The summed E-state index contributed by atoms with van der Waals surface area (Å²) in [5.41, 5.74) is 0.753. The van der Waals surface area contributed by atoms with Crippen LogP contribution < -0.4 is 5.32 Å². The first kappa shape index (κ1) is 17.0. The third-order valence-corrected chi connectivity index (χ3v) is 6.14. The summed E-state index contributed by atoms with van der Waals surface area (Å²) < 4.78 is 0. The number of likely N-dealkylation sites (tertiary alicyclic amines) is 1. The number of halogens is 2. The number of benzene rings is 1. The number of rotatable bonds is 2. The maximum atomic E-state index is 12.6. The molecule has 2 N–H and O–H groups in total. The van der Waals surface area contributed by atoms with Crippen molar-refractivity contribution in [3.63, 3.8) is 0 Å². The molecule has 0 unspecified atom stereocenters. The number of hydrogen-bond acceptors (Lipinski definition) is 5. The summed E-state index contributed by atoms with van der Waals surface area (Å²) in [6.07, 6.45) is 2.25. The fraction of sp³-hybridized carbons (Fsp3) is 0.438. The van der Waals surface area contributed by atoms with Crippen LogP contribution in [-0.2, 0) is 0 Å². The van der Waals surface area contributed by atoms with Crippen LogP contribution in [0, 0.1) is 5.92 Å². The Hall–Kier alpha value is -1.41. The van der Waals surface area contributed by atoms with Gasteiger partial charge >= 0.3 is 6.03 Å². The number of aromatic nitrogens is 2. The van der Waals surface area contributed by atoms with Crippen LogP contribution in [0.15, 0.2) is 18.2 Å². The Labute approximate surface area is 158 Å². The summed E-state index contributed by atoms with van der Waals surface area (Å²) >= 11 is 13.3. The molecule has 4 rings (SSSR count). The van der Waals surface area contributed by atoms with Crippen molar-refractivity contribution in [1.29, 1.82) is 0 Å². The SMILES string of the molecule is O=C(Nc1nnc(-c2cc(Cl)cc(Cl)c2)s1)N1CC[C@@H]2CC[C@@H](O)[C@@H]21. The Kier molecular flexibility index (Phi) is 4.58. The van der Waals surface area contributed by atoms with E-state index in [2.05, 4.69) is 15.5 Å². The Balaban J connectivity index is 1.48. The van der Waals surface area contributed by atoms with Crippen molar-refractivity contribution in [3.8, 4) is 10.6 Å². The van der Waals surface area contributed by atoms with Crippen LogP contribution >= 0.6 is 34.5 Å². The lowest BCUT2D eigenvalue weighted by molar-refractivity contribution is 0.101. The molecule has 2 fully saturated rings. The molecule has 2 aliphatic rings. The fourth-order valence-corrected chi connectivity index (χ4v) is 4.99. The van der Waals surface area contributed by atoms with Gasteiger partial charge in [0, 0.05) is 22.2 Å². The molecule has 0 radical (unpaired) electrons. The molecular weight excluding hydrogens is 383 g/mol. The summed E-state index contributed by atoms with van der Waals surface area (Å²) in [7, 11) is 0. The van der Waals surface area contributed by atoms with Gasteiger partial charge in [-0.2, -0.15) is 0 Å². The molecule has 132 valence electrons. The Morgan fingerprint density at radius 2 is 1.96 bits per heavy atom. The van der Waals surface area contributed by atoms with Gasteiger partial charge in [-0.3, -0.25) is 5.32 Å². The molecule has 1 aromatic heterocycles. The van der Waals surface area contributed by atoms with Crippen molar-refractivity contribution in [2.75, 3.05) is 11.9 Å². The third-order valence-electron chi connectivity index (χ3n) is 4.82. The molecule has 1 aliphatic heterocycles. The number of hydrogen-bond donors (Lipinski definition) is 2. The third kappa shape index (κ3) is 3.33. The van der Waals surface area contributed by atoms with E-state index in [1.54, 1.807) is 23.1 Å². The van der Waals surface area contributed by atoms with E-state index in [1.807, 2.05) is 0 Å². The average molecular weight is 399 g/mol. The molecule has 2 heterocycles. The van der Waals surface area contributed by atoms with Crippen molar-refractivity contribution in [2.45, 2.75) is 31.4 Å². The molecule has 1 aliphatic carbocycles. The number of urea groups is 1.